The van der Waals surface area contributed by atoms with Gasteiger partial charge in [0.1, 0.15) is 0 Å². The van der Waals surface area contributed by atoms with Crippen LogP contribution in [0.1, 0.15) is 0 Å². The van der Waals surface area contributed by atoms with Gasteiger partial charge in [-0.15, -0.1) is 0 Å². The highest BCUT2D eigenvalue weighted by Gasteiger charge is 2.06. The SMILES string of the molecule is C1COCCOCCOCCOCCOCCO1.Nc1ccc(S(N)(=O)=O)cc1.Nc1ccc(S(N)(=O)=O)cc1. The van der Waals surface area contributed by atoms with Gasteiger partial charge in [-0.1, -0.05) is 0 Å². The second-order valence-electron chi connectivity index (χ2n) is 7.90. The van der Waals surface area contributed by atoms with E-state index in [0.717, 1.165) is 0 Å². The average molecular weight is 609 g/mol. The molecule has 14 nitrogen and oxygen atoms in total. The first-order valence-corrected chi connectivity index (χ1v) is 15.3. The number of sulfonamides is 2. The van der Waals surface area contributed by atoms with E-state index in [2.05, 4.69) is 0 Å². The van der Waals surface area contributed by atoms with Crippen LogP contribution in [0.4, 0.5) is 11.4 Å². The van der Waals surface area contributed by atoms with E-state index in [4.69, 9.17) is 50.2 Å². The maximum Gasteiger partial charge on any atom is 0.238 e. The van der Waals surface area contributed by atoms with Crippen LogP contribution in [0, 0.1) is 0 Å². The minimum atomic E-state index is -3.58. The number of nitrogens with two attached hydrogens (primary N) is 4. The summed E-state index contributed by atoms with van der Waals surface area (Å²) in [6, 6.07) is 11.4. The number of primary sulfonamides is 2. The highest BCUT2D eigenvalue weighted by molar-refractivity contribution is 7.89. The first-order valence-electron chi connectivity index (χ1n) is 12.2. The third-order valence-electron chi connectivity index (χ3n) is 4.65. The zero-order valence-corrected chi connectivity index (χ0v) is 23.9. The molecule has 0 aromatic heterocycles. The van der Waals surface area contributed by atoms with E-state index in [0.29, 0.717) is 90.7 Å². The second-order valence-corrected chi connectivity index (χ2v) is 11.0. The molecule has 0 radical (unpaired) electrons. The largest absolute Gasteiger partial charge is 0.399 e. The van der Waals surface area contributed by atoms with Gasteiger partial charge in [-0.3, -0.25) is 0 Å². The van der Waals surface area contributed by atoms with Gasteiger partial charge in [-0.05, 0) is 48.5 Å². The molecule has 8 N–H and O–H groups in total. The summed E-state index contributed by atoms with van der Waals surface area (Å²) in [6.07, 6.45) is 0. The minimum Gasteiger partial charge on any atom is -0.399 e. The highest BCUT2D eigenvalue weighted by atomic mass is 32.2. The van der Waals surface area contributed by atoms with Crippen molar-refractivity contribution in [1.29, 1.82) is 0 Å². The quantitative estimate of drug-likeness (QED) is 0.329. The number of benzene rings is 2. The molecule has 3 rings (SSSR count). The zero-order valence-electron chi connectivity index (χ0n) is 22.3. The molecule has 2 aromatic carbocycles. The number of anilines is 2. The van der Waals surface area contributed by atoms with Gasteiger partial charge in [0.15, 0.2) is 0 Å². The third kappa shape index (κ3) is 18.8. The Balaban J connectivity index is 0.000000315. The van der Waals surface area contributed by atoms with E-state index in [1.54, 1.807) is 0 Å². The van der Waals surface area contributed by atoms with Crippen molar-refractivity contribution in [3.05, 3.63) is 48.5 Å². The van der Waals surface area contributed by atoms with Crippen LogP contribution in [0.15, 0.2) is 58.3 Å². The van der Waals surface area contributed by atoms with Gasteiger partial charge in [0.25, 0.3) is 0 Å². The molecule has 1 aliphatic rings. The molecule has 1 fully saturated rings. The van der Waals surface area contributed by atoms with E-state index in [-0.39, 0.29) is 9.79 Å². The molecule has 0 unspecified atom stereocenters. The third-order valence-corrected chi connectivity index (χ3v) is 6.51. The summed E-state index contributed by atoms with van der Waals surface area (Å²) in [5.74, 6) is 0. The molecule has 0 atom stereocenters. The van der Waals surface area contributed by atoms with E-state index in [1.807, 2.05) is 0 Å². The molecular formula is C24H40N4O10S2. The summed E-state index contributed by atoms with van der Waals surface area (Å²) in [5, 5.41) is 9.68. The molecule has 1 saturated heterocycles. The Labute approximate surface area is 235 Å². The smallest absolute Gasteiger partial charge is 0.238 e. The molecule has 16 heteroatoms. The number of hydrogen-bond donors (Lipinski definition) is 4. The first-order chi connectivity index (χ1) is 19.0. The number of nitrogen functional groups attached to an aromatic ring is 2. The Bertz CT molecular complexity index is 985. The van der Waals surface area contributed by atoms with Crippen molar-refractivity contribution in [2.24, 2.45) is 10.3 Å². The zero-order chi connectivity index (χ0) is 29.7. The van der Waals surface area contributed by atoms with Gasteiger partial charge in [0.05, 0.1) is 89.1 Å². The predicted molar refractivity (Wildman–Crippen MR) is 149 cm³/mol. The summed E-state index contributed by atoms with van der Waals surface area (Å²) in [5.41, 5.74) is 11.7. The molecule has 0 bridgehead atoms. The lowest BCUT2D eigenvalue weighted by Crippen LogP contribution is -2.16. The molecular weight excluding hydrogens is 568 g/mol. The van der Waals surface area contributed by atoms with Crippen molar-refractivity contribution in [2.45, 2.75) is 9.79 Å². The summed E-state index contributed by atoms with van der Waals surface area (Å²) in [7, 11) is -7.15. The highest BCUT2D eigenvalue weighted by Crippen LogP contribution is 2.09. The summed E-state index contributed by atoms with van der Waals surface area (Å²) >= 11 is 0. The van der Waals surface area contributed by atoms with Crippen LogP contribution >= 0.6 is 0 Å². The fourth-order valence-corrected chi connectivity index (χ4v) is 3.67. The standard InChI is InChI=1S/C12H24O6.2C6H8N2O2S/c1-2-14-5-6-16-9-10-18-12-11-17-8-7-15-4-3-13-1;2*7-5-1-3-6(4-2-5)11(8,9)10/h1-12H2;2*1-4H,7H2,(H2,8,9,10). The average Bonchev–Trinajstić information content (AvgIpc) is 2.89. The van der Waals surface area contributed by atoms with Gasteiger partial charge in [0.2, 0.25) is 20.0 Å². The normalized spacial score (nSPS) is 17.1. The Morgan fingerprint density at radius 1 is 0.400 bits per heavy atom. The monoisotopic (exact) mass is 608 g/mol. The van der Waals surface area contributed by atoms with Crippen LogP contribution < -0.4 is 21.7 Å². The lowest BCUT2D eigenvalue weighted by Gasteiger charge is -2.09. The van der Waals surface area contributed by atoms with Crippen LogP contribution in [0.5, 0.6) is 0 Å². The van der Waals surface area contributed by atoms with E-state index >= 15 is 0 Å². The predicted octanol–water partition coefficient (Wildman–Crippen LogP) is -0.0680. The number of hydrogen-bond acceptors (Lipinski definition) is 12. The Hall–Kier alpha value is -2.38. The Kier molecular flexibility index (Phi) is 18.3. The van der Waals surface area contributed by atoms with Crippen LogP contribution in [0.2, 0.25) is 0 Å². The minimum absolute atomic E-state index is 0.0756. The van der Waals surface area contributed by atoms with Gasteiger partial charge in [-0.2, -0.15) is 0 Å². The summed E-state index contributed by atoms with van der Waals surface area (Å²) < 4.78 is 74.7. The fourth-order valence-electron chi connectivity index (χ4n) is 2.63. The lowest BCUT2D eigenvalue weighted by molar-refractivity contribution is -0.0334. The summed E-state index contributed by atoms with van der Waals surface area (Å²) in [4.78, 5) is 0.151. The van der Waals surface area contributed by atoms with Crippen LogP contribution in [-0.2, 0) is 48.5 Å². The first kappa shape index (κ1) is 35.6. The van der Waals surface area contributed by atoms with E-state index in [1.165, 1.54) is 48.5 Å². The van der Waals surface area contributed by atoms with Crippen molar-refractivity contribution < 1.29 is 45.3 Å². The van der Waals surface area contributed by atoms with Gasteiger partial charge in [0, 0.05) is 11.4 Å². The number of rotatable bonds is 2. The molecule has 1 aliphatic heterocycles. The Morgan fingerprint density at radius 2 is 0.575 bits per heavy atom. The van der Waals surface area contributed by atoms with Crippen molar-refractivity contribution in [1.82, 2.24) is 0 Å². The van der Waals surface area contributed by atoms with Crippen LogP contribution in [-0.4, -0.2) is 96.1 Å². The topological polar surface area (TPSA) is 228 Å². The van der Waals surface area contributed by atoms with Gasteiger partial charge >= 0.3 is 0 Å². The molecule has 228 valence electrons. The van der Waals surface area contributed by atoms with Crippen molar-refractivity contribution in [2.75, 3.05) is 90.7 Å². The second kappa shape index (κ2) is 20.5. The van der Waals surface area contributed by atoms with Crippen molar-refractivity contribution >= 4 is 31.4 Å². The van der Waals surface area contributed by atoms with Crippen molar-refractivity contribution in [3.63, 3.8) is 0 Å². The lowest BCUT2D eigenvalue weighted by atomic mass is 10.3. The fraction of sp³-hybridized carbons (Fsp3) is 0.500. The van der Waals surface area contributed by atoms with Crippen molar-refractivity contribution in [3.8, 4) is 0 Å². The van der Waals surface area contributed by atoms with Crippen LogP contribution in [0.3, 0.4) is 0 Å². The Morgan fingerprint density at radius 3 is 0.725 bits per heavy atom. The molecule has 0 saturated carbocycles. The maximum absolute atomic E-state index is 10.7. The molecule has 0 amide bonds. The number of ether oxygens (including phenoxy) is 6. The molecule has 40 heavy (non-hydrogen) atoms. The van der Waals surface area contributed by atoms with Crippen LogP contribution in [0.25, 0.3) is 0 Å². The van der Waals surface area contributed by atoms with Gasteiger partial charge in [-0.25, -0.2) is 27.1 Å². The van der Waals surface area contributed by atoms with E-state index < -0.39 is 20.0 Å². The molecule has 0 aliphatic carbocycles. The molecule has 1 heterocycles. The molecule has 0 spiro atoms. The van der Waals surface area contributed by atoms with E-state index in [9.17, 15) is 16.8 Å². The van der Waals surface area contributed by atoms with Gasteiger partial charge < -0.3 is 39.9 Å². The molecule has 2 aromatic rings. The maximum atomic E-state index is 10.7. The summed E-state index contributed by atoms with van der Waals surface area (Å²) in [6.45, 7) is 7.04.